The zero-order chi connectivity index (χ0) is 34.4. The number of nitrogens with one attached hydrogen (secondary N) is 4. The van der Waals surface area contributed by atoms with Gasteiger partial charge in [0.05, 0.1) is 6.04 Å². The van der Waals surface area contributed by atoms with E-state index in [0.717, 1.165) is 5.56 Å². The molecule has 256 valence electrons. The number of benzene rings is 1. The summed E-state index contributed by atoms with van der Waals surface area (Å²) < 4.78 is 5.22. The first kappa shape index (κ1) is 38.2. The molecule has 46 heavy (non-hydrogen) atoms. The van der Waals surface area contributed by atoms with Gasteiger partial charge in [-0.25, -0.2) is 4.79 Å². The molecule has 1 saturated heterocycles. The lowest BCUT2D eigenvalue weighted by atomic mass is 9.94. The van der Waals surface area contributed by atoms with Gasteiger partial charge in [0.25, 0.3) is 0 Å². The number of carbonyl (C=O) groups excluding carboxylic acids is 6. The summed E-state index contributed by atoms with van der Waals surface area (Å²) in [4.78, 5) is 78.3. The number of rotatable bonds is 16. The SMILES string of the molecule is CC(C)[C@H](NC(=O)[C@H](CCCCNC(=O)OCc1ccccc1)NC(=O)C(C)(C)C)C(=O)N1CCC[C@H]1C(=O)N[C@H](C=O)C(C)C. The second-order valence-electron chi connectivity index (χ2n) is 13.6. The maximum absolute atomic E-state index is 13.8. The Morgan fingerprint density at radius 2 is 1.63 bits per heavy atom. The average molecular weight is 644 g/mol. The highest BCUT2D eigenvalue weighted by Gasteiger charge is 2.40. The van der Waals surface area contributed by atoms with Gasteiger partial charge in [0.1, 0.15) is 31.0 Å². The molecule has 0 spiro atoms. The van der Waals surface area contributed by atoms with Gasteiger partial charge in [-0.05, 0) is 49.5 Å². The molecule has 1 aromatic rings. The normalized spacial score (nSPS) is 16.7. The van der Waals surface area contributed by atoms with E-state index in [-0.39, 0.29) is 36.7 Å². The van der Waals surface area contributed by atoms with Crippen LogP contribution < -0.4 is 21.3 Å². The molecule has 2 rings (SSSR count). The van der Waals surface area contributed by atoms with Crippen LogP contribution in [0.2, 0.25) is 0 Å². The van der Waals surface area contributed by atoms with Gasteiger partial charge in [-0.3, -0.25) is 19.2 Å². The molecule has 0 saturated carbocycles. The molecule has 0 bridgehead atoms. The molecular formula is C34H53N5O7. The Morgan fingerprint density at radius 3 is 2.22 bits per heavy atom. The van der Waals surface area contributed by atoms with Crippen molar-refractivity contribution in [1.82, 2.24) is 26.2 Å². The number of carbonyl (C=O) groups is 6. The molecule has 5 amide bonds. The van der Waals surface area contributed by atoms with Gasteiger partial charge in [-0.1, -0.05) is 78.8 Å². The van der Waals surface area contributed by atoms with E-state index in [1.807, 2.05) is 44.2 Å². The number of alkyl carbamates (subject to hydrolysis) is 1. The summed E-state index contributed by atoms with van der Waals surface area (Å²) in [5.41, 5.74) is 0.127. The predicted octanol–water partition coefficient (Wildman–Crippen LogP) is 3.09. The van der Waals surface area contributed by atoms with E-state index in [1.165, 1.54) is 4.90 Å². The van der Waals surface area contributed by atoms with E-state index in [0.29, 0.717) is 45.1 Å². The number of ether oxygens (including phenoxy) is 1. The Kier molecular flexibility index (Phi) is 15.2. The second-order valence-corrected chi connectivity index (χ2v) is 13.6. The van der Waals surface area contributed by atoms with Crippen molar-refractivity contribution in [1.29, 1.82) is 0 Å². The van der Waals surface area contributed by atoms with Crippen LogP contribution in [0.5, 0.6) is 0 Å². The average Bonchev–Trinajstić information content (AvgIpc) is 3.50. The molecule has 4 atom stereocenters. The van der Waals surface area contributed by atoms with Crippen LogP contribution in [0.25, 0.3) is 0 Å². The predicted molar refractivity (Wildman–Crippen MR) is 174 cm³/mol. The summed E-state index contributed by atoms with van der Waals surface area (Å²) in [7, 11) is 0. The third-order valence-electron chi connectivity index (χ3n) is 7.95. The molecule has 0 aromatic heterocycles. The number of nitrogens with zero attached hydrogens (tertiary/aromatic N) is 1. The summed E-state index contributed by atoms with van der Waals surface area (Å²) in [5.74, 6) is -1.98. The minimum atomic E-state index is -0.928. The Labute approximate surface area is 273 Å². The number of amides is 5. The van der Waals surface area contributed by atoms with Crippen LogP contribution in [0, 0.1) is 17.3 Å². The molecule has 1 fully saturated rings. The van der Waals surface area contributed by atoms with E-state index in [9.17, 15) is 28.8 Å². The molecule has 0 aliphatic carbocycles. The van der Waals surface area contributed by atoms with Crippen LogP contribution in [-0.2, 0) is 35.3 Å². The minimum absolute atomic E-state index is 0.0980. The van der Waals surface area contributed by atoms with Gasteiger partial charge in [0.2, 0.25) is 23.6 Å². The van der Waals surface area contributed by atoms with E-state index in [4.69, 9.17) is 4.74 Å². The van der Waals surface area contributed by atoms with Crippen molar-refractivity contribution in [2.24, 2.45) is 17.3 Å². The van der Waals surface area contributed by atoms with E-state index in [1.54, 1.807) is 34.6 Å². The van der Waals surface area contributed by atoms with E-state index < -0.39 is 47.5 Å². The third-order valence-corrected chi connectivity index (χ3v) is 7.95. The Hall–Kier alpha value is -3.96. The molecule has 1 aliphatic heterocycles. The molecule has 1 aliphatic rings. The molecule has 0 radical (unpaired) electrons. The van der Waals surface area contributed by atoms with Crippen LogP contribution in [0.1, 0.15) is 86.1 Å². The molecule has 0 unspecified atom stereocenters. The highest BCUT2D eigenvalue weighted by molar-refractivity contribution is 5.95. The summed E-state index contributed by atoms with van der Waals surface area (Å²) >= 11 is 0. The lowest BCUT2D eigenvalue weighted by Gasteiger charge is -2.32. The largest absolute Gasteiger partial charge is 0.445 e. The Morgan fingerprint density at radius 1 is 0.957 bits per heavy atom. The summed E-state index contributed by atoms with van der Waals surface area (Å²) in [6.45, 7) is 13.3. The van der Waals surface area contributed by atoms with Crippen molar-refractivity contribution in [3.63, 3.8) is 0 Å². The quantitative estimate of drug-likeness (QED) is 0.159. The molecule has 1 aromatic carbocycles. The first-order chi connectivity index (χ1) is 21.6. The van der Waals surface area contributed by atoms with Gasteiger partial charge >= 0.3 is 6.09 Å². The van der Waals surface area contributed by atoms with Crippen LogP contribution >= 0.6 is 0 Å². The molecule has 4 N–H and O–H groups in total. The van der Waals surface area contributed by atoms with E-state index in [2.05, 4.69) is 21.3 Å². The molecule has 12 nitrogen and oxygen atoms in total. The number of hydrogen-bond donors (Lipinski definition) is 4. The highest BCUT2D eigenvalue weighted by Crippen LogP contribution is 2.21. The first-order valence-corrected chi connectivity index (χ1v) is 16.3. The van der Waals surface area contributed by atoms with Gasteiger partial charge in [-0.15, -0.1) is 0 Å². The number of aldehydes is 1. The highest BCUT2D eigenvalue weighted by atomic mass is 16.5. The first-order valence-electron chi connectivity index (χ1n) is 16.3. The zero-order valence-corrected chi connectivity index (χ0v) is 28.4. The number of unbranched alkanes of at least 4 members (excludes halogenated alkanes) is 1. The zero-order valence-electron chi connectivity index (χ0n) is 28.4. The van der Waals surface area contributed by atoms with Crippen molar-refractivity contribution < 1.29 is 33.5 Å². The van der Waals surface area contributed by atoms with Gasteiger partial charge in [0.15, 0.2) is 0 Å². The van der Waals surface area contributed by atoms with Crippen molar-refractivity contribution >= 4 is 36.0 Å². The molecule has 12 heteroatoms. The van der Waals surface area contributed by atoms with E-state index >= 15 is 0 Å². The van der Waals surface area contributed by atoms with Crippen molar-refractivity contribution in [2.45, 2.75) is 111 Å². The smallest absolute Gasteiger partial charge is 0.407 e. The van der Waals surface area contributed by atoms with Crippen LogP contribution in [-0.4, -0.2) is 78.2 Å². The van der Waals surface area contributed by atoms with Crippen molar-refractivity contribution in [3.05, 3.63) is 35.9 Å². The van der Waals surface area contributed by atoms with Crippen molar-refractivity contribution in [3.8, 4) is 0 Å². The van der Waals surface area contributed by atoms with Crippen LogP contribution in [0.4, 0.5) is 4.79 Å². The lowest BCUT2D eigenvalue weighted by molar-refractivity contribution is -0.143. The van der Waals surface area contributed by atoms with Gasteiger partial charge in [0, 0.05) is 18.5 Å². The second kappa shape index (κ2) is 18.3. The fourth-order valence-corrected chi connectivity index (χ4v) is 4.95. The lowest BCUT2D eigenvalue weighted by Crippen LogP contribution is -2.59. The summed E-state index contributed by atoms with van der Waals surface area (Å²) in [5, 5.41) is 11.1. The minimum Gasteiger partial charge on any atom is -0.445 e. The Bertz CT molecular complexity index is 1180. The monoisotopic (exact) mass is 643 g/mol. The molecule has 1 heterocycles. The topological polar surface area (TPSA) is 163 Å². The number of hydrogen-bond acceptors (Lipinski definition) is 7. The molecular weight excluding hydrogens is 590 g/mol. The van der Waals surface area contributed by atoms with Crippen molar-refractivity contribution in [2.75, 3.05) is 13.1 Å². The van der Waals surface area contributed by atoms with Crippen LogP contribution in [0.15, 0.2) is 30.3 Å². The number of likely N-dealkylation sites (tertiary alicyclic amines) is 1. The Balaban J connectivity index is 2.02. The summed E-state index contributed by atoms with van der Waals surface area (Å²) in [6, 6.07) is 6.09. The van der Waals surface area contributed by atoms with Gasteiger partial charge < -0.3 is 35.7 Å². The third kappa shape index (κ3) is 12.1. The summed E-state index contributed by atoms with van der Waals surface area (Å²) in [6.07, 6.45) is 2.55. The van der Waals surface area contributed by atoms with Gasteiger partial charge in [-0.2, -0.15) is 0 Å². The van der Waals surface area contributed by atoms with Crippen LogP contribution in [0.3, 0.4) is 0 Å². The fourth-order valence-electron chi connectivity index (χ4n) is 4.95. The standard InChI is InChI=1S/C34H53N5O7/c1-22(2)26(20-40)36-30(42)27-17-13-19-39(27)31(43)28(23(3)4)38-29(41)25(37-32(44)34(5,6)7)16-11-12-18-35-33(45)46-21-24-14-9-8-10-15-24/h8-10,14-15,20,22-23,25-28H,11-13,16-19,21H2,1-7H3,(H,35,45)(H,36,42)(H,37,44)(H,38,41)/t25-,26+,27-,28-/m0/s1. The fraction of sp³-hybridized carbons (Fsp3) is 0.647. The maximum atomic E-state index is 13.8. The maximum Gasteiger partial charge on any atom is 0.407 e.